The molecule has 0 spiro atoms. The van der Waals surface area contributed by atoms with Crippen molar-refractivity contribution in [2.24, 2.45) is 0 Å². The van der Waals surface area contributed by atoms with Gasteiger partial charge in [-0.05, 0) is 12.5 Å². The quantitative estimate of drug-likeness (QED) is 0.822. The Balaban J connectivity index is 1.80. The second kappa shape index (κ2) is 5.09. The van der Waals surface area contributed by atoms with E-state index in [-0.39, 0.29) is 11.9 Å². The SMILES string of the molecule is CN(C(=O)CO)C1CCN(c2ncnc3[nH]ccc23)C1. The number of fused-ring (bicyclic) bond motifs is 1. The van der Waals surface area contributed by atoms with Gasteiger partial charge in [-0.25, -0.2) is 9.97 Å². The van der Waals surface area contributed by atoms with Gasteiger partial charge < -0.3 is 19.9 Å². The third-order valence-electron chi connectivity index (χ3n) is 3.87. The maximum absolute atomic E-state index is 11.5. The summed E-state index contributed by atoms with van der Waals surface area (Å²) in [5.74, 6) is 0.648. The molecule has 2 aromatic rings. The van der Waals surface area contributed by atoms with E-state index in [1.54, 1.807) is 18.3 Å². The van der Waals surface area contributed by atoms with Crippen molar-refractivity contribution in [1.82, 2.24) is 19.9 Å². The summed E-state index contributed by atoms with van der Waals surface area (Å²) in [6.07, 6.45) is 4.26. The summed E-state index contributed by atoms with van der Waals surface area (Å²) in [5.41, 5.74) is 0.818. The van der Waals surface area contributed by atoms with E-state index in [0.29, 0.717) is 0 Å². The van der Waals surface area contributed by atoms with E-state index in [0.717, 1.165) is 36.4 Å². The lowest BCUT2D eigenvalue weighted by atomic mass is 10.2. The van der Waals surface area contributed by atoms with Gasteiger partial charge in [-0.2, -0.15) is 0 Å². The number of amides is 1. The van der Waals surface area contributed by atoms with Crippen molar-refractivity contribution < 1.29 is 9.90 Å². The summed E-state index contributed by atoms with van der Waals surface area (Å²) in [7, 11) is 1.73. The number of carbonyl (C=O) groups excluding carboxylic acids is 1. The third kappa shape index (κ3) is 2.09. The molecule has 0 saturated carbocycles. The molecule has 1 aliphatic rings. The van der Waals surface area contributed by atoms with Crippen LogP contribution in [-0.2, 0) is 4.79 Å². The van der Waals surface area contributed by atoms with Crippen molar-refractivity contribution in [1.29, 1.82) is 0 Å². The van der Waals surface area contributed by atoms with Crippen LogP contribution >= 0.6 is 0 Å². The van der Waals surface area contributed by atoms with E-state index in [2.05, 4.69) is 19.9 Å². The standard InChI is InChI=1S/C13H17N5O2/c1-17(11(20)7-19)9-3-5-18(6-9)13-10-2-4-14-12(10)15-8-16-13/h2,4,8-9,19H,3,5-7H2,1H3,(H,14,15,16). The van der Waals surface area contributed by atoms with Crippen LogP contribution in [0.15, 0.2) is 18.6 Å². The largest absolute Gasteiger partial charge is 0.387 e. The summed E-state index contributed by atoms with van der Waals surface area (Å²) in [6.45, 7) is 1.12. The molecule has 1 saturated heterocycles. The molecule has 1 amide bonds. The van der Waals surface area contributed by atoms with Crippen molar-refractivity contribution >= 4 is 22.8 Å². The minimum absolute atomic E-state index is 0.110. The fraction of sp³-hybridized carbons (Fsp3) is 0.462. The van der Waals surface area contributed by atoms with Gasteiger partial charge in [0, 0.05) is 26.3 Å². The van der Waals surface area contributed by atoms with Crippen LogP contribution in [0.5, 0.6) is 0 Å². The van der Waals surface area contributed by atoms with Crippen molar-refractivity contribution in [3.05, 3.63) is 18.6 Å². The van der Waals surface area contributed by atoms with E-state index < -0.39 is 6.61 Å². The number of nitrogens with zero attached hydrogens (tertiary/aromatic N) is 4. The van der Waals surface area contributed by atoms with E-state index >= 15 is 0 Å². The summed E-state index contributed by atoms with van der Waals surface area (Å²) in [5, 5.41) is 9.92. The van der Waals surface area contributed by atoms with Gasteiger partial charge in [-0.3, -0.25) is 4.79 Å². The number of aromatic amines is 1. The first-order valence-electron chi connectivity index (χ1n) is 6.60. The maximum Gasteiger partial charge on any atom is 0.248 e. The highest BCUT2D eigenvalue weighted by atomic mass is 16.3. The molecule has 0 aromatic carbocycles. The van der Waals surface area contributed by atoms with Gasteiger partial charge >= 0.3 is 0 Å². The first-order valence-corrected chi connectivity index (χ1v) is 6.60. The van der Waals surface area contributed by atoms with E-state index in [1.165, 1.54) is 0 Å². The fourth-order valence-corrected chi connectivity index (χ4v) is 2.68. The highest BCUT2D eigenvalue weighted by Gasteiger charge is 2.29. The minimum atomic E-state index is -0.442. The van der Waals surface area contributed by atoms with Gasteiger partial charge in [0.1, 0.15) is 24.4 Å². The molecule has 0 bridgehead atoms. The minimum Gasteiger partial charge on any atom is -0.387 e. The lowest BCUT2D eigenvalue weighted by Gasteiger charge is -2.24. The zero-order valence-electron chi connectivity index (χ0n) is 11.3. The van der Waals surface area contributed by atoms with Crippen LogP contribution in [0.3, 0.4) is 0 Å². The molecular formula is C13H17N5O2. The summed E-state index contributed by atoms with van der Waals surface area (Å²) >= 11 is 0. The lowest BCUT2D eigenvalue weighted by molar-refractivity contribution is -0.134. The maximum atomic E-state index is 11.5. The van der Waals surface area contributed by atoms with Gasteiger partial charge in [-0.1, -0.05) is 0 Å². The molecule has 3 rings (SSSR count). The van der Waals surface area contributed by atoms with Gasteiger partial charge in [-0.15, -0.1) is 0 Å². The molecule has 7 heteroatoms. The number of aromatic nitrogens is 3. The number of aliphatic hydroxyl groups is 1. The van der Waals surface area contributed by atoms with Crippen molar-refractivity contribution in [3.8, 4) is 0 Å². The van der Waals surface area contributed by atoms with Crippen LogP contribution < -0.4 is 4.90 Å². The Bertz CT molecular complexity index is 626. The lowest BCUT2D eigenvalue weighted by Crippen LogP contribution is -2.40. The fourth-order valence-electron chi connectivity index (χ4n) is 2.68. The molecule has 1 atom stereocenters. The van der Waals surface area contributed by atoms with Gasteiger partial charge in [0.05, 0.1) is 11.4 Å². The van der Waals surface area contributed by atoms with Crippen LogP contribution in [0, 0.1) is 0 Å². The van der Waals surface area contributed by atoms with Crippen LogP contribution in [0.2, 0.25) is 0 Å². The molecule has 20 heavy (non-hydrogen) atoms. The summed E-state index contributed by atoms with van der Waals surface area (Å²) < 4.78 is 0. The van der Waals surface area contributed by atoms with Gasteiger partial charge in [0.15, 0.2) is 0 Å². The molecule has 106 valence electrons. The predicted octanol–water partition coefficient (Wildman–Crippen LogP) is -0.0127. The Labute approximate surface area is 116 Å². The van der Waals surface area contributed by atoms with Crippen molar-refractivity contribution in [2.45, 2.75) is 12.5 Å². The number of H-pyrrole nitrogens is 1. The first-order chi connectivity index (χ1) is 9.70. The summed E-state index contributed by atoms with van der Waals surface area (Å²) in [4.78, 5) is 26.9. The Morgan fingerprint density at radius 1 is 1.60 bits per heavy atom. The molecule has 2 aromatic heterocycles. The highest BCUT2D eigenvalue weighted by molar-refractivity contribution is 5.87. The Hall–Kier alpha value is -2.15. The van der Waals surface area contributed by atoms with E-state index in [1.807, 2.05) is 12.3 Å². The normalized spacial score (nSPS) is 18.7. The van der Waals surface area contributed by atoms with Crippen molar-refractivity contribution in [3.63, 3.8) is 0 Å². The zero-order chi connectivity index (χ0) is 14.1. The second-order valence-electron chi connectivity index (χ2n) is 4.99. The number of carbonyl (C=O) groups is 1. The number of hydrogen-bond acceptors (Lipinski definition) is 5. The molecule has 0 radical (unpaired) electrons. The number of aliphatic hydroxyl groups excluding tert-OH is 1. The van der Waals surface area contributed by atoms with Crippen LogP contribution in [0.4, 0.5) is 5.82 Å². The smallest absolute Gasteiger partial charge is 0.248 e. The van der Waals surface area contributed by atoms with Crippen LogP contribution in [0.25, 0.3) is 11.0 Å². The zero-order valence-corrected chi connectivity index (χ0v) is 11.3. The Morgan fingerprint density at radius 3 is 3.25 bits per heavy atom. The first kappa shape index (κ1) is 12.9. The average Bonchev–Trinajstić information content (AvgIpc) is 3.13. The topological polar surface area (TPSA) is 85.3 Å². The Kier molecular flexibility index (Phi) is 3.27. The molecule has 0 aliphatic carbocycles. The molecule has 1 unspecified atom stereocenters. The molecular weight excluding hydrogens is 258 g/mol. The molecule has 2 N–H and O–H groups in total. The van der Waals surface area contributed by atoms with Crippen LogP contribution in [0.1, 0.15) is 6.42 Å². The van der Waals surface area contributed by atoms with Crippen molar-refractivity contribution in [2.75, 3.05) is 31.6 Å². The van der Waals surface area contributed by atoms with E-state index in [9.17, 15) is 4.79 Å². The monoisotopic (exact) mass is 275 g/mol. The molecule has 7 nitrogen and oxygen atoms in total. The van der Waals surface area contributed by atoms with Gasteiger partial charge in [0.2, 0.25) is 5.91 Å². The van der Waals surface area contributed by atoms with Gasteiger partial charge in [0.25, 0.3) is 0 Å². The van der Waals surface area contributed by atoms with Crippen LogP contribution in [-0.4, -0.2) is 63.7 Å². The second-order valence-corrected chi connectivity index (χ2v) is 4.99. The molecule has 1 aliphatic heterocycles. The molecule has 1 fully saturated rings. The number of likely N-dealkylation sites (N-methyl/N-ethyl adjacent to an activating group) is 1. The average molecular weight is 275 g/mol. The predicted molar refractivity (Wildman–Crippen MR) is 74.4 cm³/mol. The number of hydrogen-bond donors (Lipinski definition) is 2. The number of anilines is 1. The molecule has 3 heterocycles. The Morgan fingerprint density at radius 2 is 2.45 bits per heavy atom. The highest BCUT2D eigenvalue weighted by Crippen LogP contribution is 2.26. The summed E-state index contributed by atoms with van der Waals surface area (Å²) in [6, 6.07) is 2.07. The number of nitrogens with one attached hydrogen (secondary N) is 1. The third-order valence-corrected chi connectivity index (χ3v) is 3.87. The van der Waals surface area contributed by atoms with E-state index in [4.69, 9.17) is 5.11 Å². The number of rotatable bonds is 3.